The monoisotopic (exact) mass is 169 g/mol. The summed E-state index contributed by atoms with van der Waals surface area (Å²) in [5.41, 5.74) is 0. The smallest absolute Gasteiger partial charge is 0.320 e. The van der Waals surface area contributed by atoms with Crippen LogP contribution in [0.3, 0.4) is 0 Å². The van der Waals surface area contributed by atoms with Gasteiger partial charge in [0.25, 0.3) is 0 Å². The Bertz CT molecular complexity index is 189. The molecule has 2 atom stereocenters. The van der Waals surface area contributed by atoms with Crippen LogP contribution in [-0.2, 0) is 4.79 Å². The summed E-state index contributed by atoms with van der Waals surface area (Å²) in [5, 5.41) is 11.8. The summed E-state index contributed by atoms with van der Waals surface area (Å²) in [7, 11) is 0. The van der Waals surface area contributed by atoms with Gasteiger partial charge in [-0.15, -0.1) is 0 Å². The molecule has 2 rings (SSSR count). The van der Waals surface area contributed by atoms with Crippen molar-refractivity contribution in [3.63, 3.8) is 0 Å². The fourth-order valence-corrected chi connectivity index (χ4v) is 2.22. The van der Waals surface area contributed by atoms with Crippen molar-refractivity contribution in [3.05, 3.63) is 0 Å². The lowest BCUT2D eigenvalue weighted by Crippen LogP contribution is -2.30. The molecule has 0 bridgehead atoms. The van der Waals surface area contributed by atoms with Gasteiger partial charge in [-0.3, -0.25) is 4.79 Å². The molecule has 68 valence electrons. The predicted octanol–water partition coefficient (Wildman–Crippen LogP) is 0.849. The van der Waals surface area contributed by atoms with E-state index in [0.717, 1.165) is 18.9 Å². The fourth-order valence-electron chi connectivity index (χ4n) is 2.22. The molecule has 0 aromatic heterocycles. The SMILES string of the molecule is O=C(O)C1CC(C2CCC2)CN1. The van der Waals surface area contributed by atoms with Gasteiger partial charge < -0.3 is 10.4 Å². The van der Waals surface area contributed by atoms with E-state index in [-0.39, 0.29) is 6.04 Å². The zero-order chi connectivity index (χ0) is 8.55. The maximum absolute atomic E-state index is 10.6. The maximum atomic E-state index is 10.6. The zero-order valence-corrected chi connectivity index (χ0v) is 7.12. The van der Waals surface area contributed by atoms with Gasteiger partial charge in [0.15, 0.2) is 0 Å². The lowest BCUT2D eigenvalue weighted by molar-refractivity contribution is -0.139. The number of nitrogens with one attached hydrogen (secondary N) is 1. The van der Waals surface area contributed by atoms with Gasteiger partial charge in [-0.05, 0) is 24.8 Å². The Morgan fingerprint density at radius 3 is 2.50 bits per heavy atom. The predicted molar refractivity (Wildman–Crippen MR) is 44.9 cm³/mol. The van der Waals surface area contributed by atoms with Crippen LogP contribution in [0.2, 0.25) is 0 Å². The Kier molecular flexibility index (Phi) is 2.05. The molecule has 1 aliphatic heterocycles. The first-order chi connectivity index (χ1) is 5.77. The molecule has 0 amide bonds. The van der Waals surface area contributed by atoms with Crippen molar-refractivity contribution < 1.29 is 9.90 Å². The number of carbonyl (C=O) groups is 1. The second-order valence-corrected chi connectivity index (χ2v) is 3.99. The van der Waals surface area contributed by atoms with Gasteiger partial charge in [0.2, 0.25) is 0 Å². The van der Waals surface area contributed by atoms with Gasteiger partial charge in [-0.25, -0.2) is 0 Å². The van der Waals surface area contributed by atoms with E-state index in [1.807, 2.05) is 0 Å². The van der Waals surface area contributed by atoms with Crippen molar-refractivity contribution >= 4 is 5.97 Å². The molecule has 3 heteroatoms. The third-order valence-corrected chi connectivity index (χ3v) is 3.28. The van der Waals surface area contributed by atoms with Crippen LogP contribution in [0.1, 0.15) is 25.7 Å². The molecular formula is C9H15NO2. The first-order valence-electron chi connectivity index (χ1n) is 4.73. The standard InChI is InChI=1S/C9H15NO2/c11-9(12)8-4-7(5-10-8)6-2-1-3-6/h6-8,10H,1-5H2,(H,11,12). The van der Waals surface area contributed by atoms with E-state index in [2.05, 4.69) is 5.32 Å². The Morgan fingerprint density at radius 2 is 2.08 bits per heavy atom. The van der Waals surface area contributed by atoms with E-state index >= 15 is 0 Å². The lowest BCUT2D eigenvalue weighted by Gasteiger charge is -2.30. The average Bonchev–Trinajstić information content (AvgIpc) is 2.32. The van der Waals surface area contributed by atoms with Crippen LogP contribution < -0.4 is 5.32 Å². The highest BCUT2D eigenvalue weighted by Crippen LogP contribution is 2.37. The van der Waals surface area contributed by atoms with Crippen molar-refractivity contribution in [2.45, 2.75) is 31.7 Å². The summed E-state index contributed by atoms with van der Waals surface area (Å²) in [6, 6.07) is -0.268. The molecule has 1 saturated carbocycles. The summed E-state index contributed by atoms with van der Waals surface area (Å²) in [4.78, 5) is 10.6. The van der Waals surface area contributed by atoms with Crippen LogP contribution in [-0.4, -0.2) is 23.7 Å². The molecule has 2 N–H and O–H groups in total. The molecule has 0 spiro atoms. The topological polar surface area (TPSA) is 49.3 Å². The quantitative estimate of drug-likeness (QED) is 0.644. The number of aliphatic carboxylic acids is 1. The molecule has 1 saturated heterocycles. The Hall–Kier alpha value is -0.570. The minimum absolute atomic E-state index is 0.268. The summed E-state index contributed by atoms with van der Waals surface area (Å²) >= 11 is 0. The molecule has 1 heterocycles. The number of hydrogen-bond acceptors (Lipinski definition) is 2. The van der Waals surface area contributed by atoms with Crippen LogP contribution in [0.4, 0.5) is 0 Å². The second kappa shape index (κ2) is 3.05. The molecule has 3 nitrogen and oxygen atoms in total. The summed E-state index contributed by atoms with van der Waals surface area (Å²) < 4.78 is 0. The molecule has 0 aromatic rings. The van der Waals surface area contributed by atoms with E-state index in [4.69, 9.17) is 5.11 Å². The minimum Gasteiger partial charge on any atom is -0.480 e. The van der Waals surface area contributed by atoms with Crippen LogP contribution in [0.25, 0.3) is 0 Å². The number of rotatable bonds is 2. The number of carboxylic acid groups (broad SMARTS) is 1. The fraction of sp³-hybridized carbons (Fsp3) is 0.889. The first-order valence-corrected chi connectivity index (χ1v) is 4.73. The highest BCUT2D eigenvalue weighted by atomic mass is 16.4. The number of hydrogen-bond donors (Lipinski definition) is 2. The van der Waals surface area contributed by atoms with E-state index in [9.17, 15) is 4.79 Å². The van der Waals surface area contributed by atoms with Crippen LogP contribution in [0.15, 0.2) is 0 Å². The van der Waals surface area contributed by atoms with Crippen molar-refractivity contribution in [1.82, 2.24) is 5.32 Å². The van der Waals surface area contributed by atoms with Gasteiger partial charge >= 0.3 is 5.97 Å². The normalized spacial score (nSPS) is 36.3. The molecule has 0 radical (unpaired) electrons. The van der Waals surface area contributed by atoms with Crippen LogP contribution in [0.5, 0.6) is 0 Å². The zero-order valence-electron chi connectivity index (χ0n) is 7.12. The van der Waals surface area contributed by atoms with E-state index in [1.54, 1.807) is 0 Å². The van der Waals surface area contributed by atoms with Crippen LogP contribution >= 0.6 is 0 Å². The summed E-state index contributed by atoms with van der Waals surface area (Å²) in [6.07, 6.45) is 4.83. The van der Waals surface area contributed by atoms with Crippen molar-refractivity contribution in [3.8, 4) is 0 Å². The molecule has 2 unspecified atom stereocenters. The van der Waals surface area contributed by atoms with Gasteiger partial charge in [0, 0.05) is 0 Å². The van der Waals surface area contributed by atoms with Crippen molar-refractivity contribution in [1.29, 1.82) is 0 Å². The highest BCUT2D eigenvalue weighted by Gasteiger charge is 2.35. The minimum atomic E-state index is -0.683. The van der Waals surface area contributed by atoms with Gasteiger partial charge in [0.05, 0.1) is 0 Å². The van der Waals surface area contributed by atoms with E-state index in [1.165, 1.54) is 19.3 Å². The average molecular weight is 169 g/mol. The third-order valence-electron chi connectivity index (χ3n) is 3.28. The van der Waals surface area contributed by atoms with Gasteiger partial charge in [-0.2, -0.15) is 0 Å². The summed E-state index contributed by atoms with van der Waals surface area (Å²) in [5.74, 6) is 0.776. The molecule has 1 aliphatic carbocycles. The van der Waals surface area contributed by atoms with Crippen molar-refractivity contribution in [2.75, 3.05) is 6.54 Å². The van der Waals surface area contributed by atoms with E-state index < -0.39 is 5.97 Å². The number of carboxylic acids is 1. The maximum Gasteiger partial charge on any atom is 0.320 e. The lowest BCUT2D eigenvalue weighted by atomic mass is 9.75. The first kappa shape index (κ1) is 8.05. The summed E-state index contributed by atoms with van der Waals surface area (Å²) in [6.45, 7) is 0.918. The van der Waals surface area contributed by atoms with Crippen LogP contribution in [0, 0.1) is 11.8 Å². The van der Waals surface area contributed by atoms with Gasteiger partial charge in [0.1, 0.15) is 6.04 Å². The Balaban J connectivity index is 1.84. The molecule has 2 aliphatic rings. The molecule has 0 aromatic carbocycles. The van der Waals surface area contributed by atoms with Crippen molar-refractivity contribution in [2.24, 2.45) is 11.8 Å². The van der Waals surface area contributed by atoms with Gasteiger partial charge in [-0.1, -0.05) is 19.3 Å². The molecule has 12 heavy (non-hydrogen) atoms. The largest absolute Gasteiger partial charge is 0.480 e. The van der Waals surface area contributed by atoms with E-state index in [0.29, 0.717) is 5.92 Å². The molecular weight excluding hydrogens is 154 g/mol. The third kappa shape index (κ3) is 1.33. The second-order valence-electron chi connectivity index (χ2n) is 3.99. The molecule has 2 fully saturated rings. The Labute approximate surface area is 72.2 Å². The highest BCUT2D eigenvalue weighted by molar-refractivity contribution is 5.73. The Morgan fingerprint density at radius 1 is 1.33 bits per heavy atom.